The van der Waals surface area contributed by atoms with Crippen LogP contribution in [0.2, 0.25) is 0 Å². The Hall–Kier alpha value is -3.02. The zero-order valence-corrected chi connectivity index (χ0v) is 14.6. The first kappa shape index (κ1) is 16.4. The van der Waals surface area contributed by atoms with Crippen LogP contribution in [0.25, 0.3) is 11.5 Å². The lowest BCUT2D eigenvalue weighted by molar-refractivity contribution is -0.117. The molecule has 4 rings (SSSR count). The molecule has 1 aromatic heterocycles. The van der Waals surface area contributed by atoms with E-state index in [1.54, 1.807) is 23.1 Å². The molecule has 1 amide bonds. The van der Waals surface area contributed by atoms with Crippen molar-refractivity contribution in [2.24, 2.45) is 0 Å². The van der Waals surface area contributed by atoms with Gasteiger partial charge in [-0.05, 0) is 37.6 Å². The number of carbonyl (C=O) groups excluding carboxylic acids is 1. The third kappa shape index (κ3) is 2.87. The Balaban J connectivity index is 1.59. The number of aryl methyl sites for hydroxylation is 2. The minimum absolute atomic E-state index is 0.0270. The Kier molecular flexibility index (Phi) is 4.03. The van der Waals surface area contributed by atoms with Gasteiger partial charge in [-0.25, -0.2) is 4.39 Å². The van der Waals surface area contributed by atoms with Crippen LogP contribution in [0, 0.1) is 19.7 Å². The first-order valence-corrected chi connectivity index (χ1v) is 8.49. The van der Waals surface area contributed by atoms with Crippen molar-refractivity contribution in [3.63, 3.8) is 0 Å². The smallest absolute Gasteiger partial charge is 0.260 e. The standard InChI is InChI=1S/C20H18FN3O2/c1-12-7-8-17(13(2)9-12)24-11-14(10-18(24)25)19-22-20(26-23-19)15-5-3-4-6-16(15)21/h3-9,14H,10-11H2,1-2H3. The lowest BCUT2D eigenvalue weighted by Gasteiger charge is -2.19. The van der Waals surface area contributed by atoms with Crippen LogP contribution in [0.1, 0.15) is 29.3 Å². The van der Waals surface area contributed by atoms with Gasteiger partial charge in [0.05, 0.1) is 5.56 Å². The van der Waals surface area contributed by atoms with E-state index in [1.165, 1.54) is 6.07 Å². The van der Waals surface area contributed by atoms with Crippen LogP contribution >= 0.6 is 0 Å². The van der Waals surface area contributed by atoms with Crippen molar-refractivity contribution >= 4 is 11.6 Å². The number of aromatic nitrogens is 2. The number of nitrogens with zero attached hydrogens (tertiary/aromatic N) is 3. The number of carbonyl (C=O) groups is 1. The van der Waals surface area contributed by atoms with Gasteiger partial charge in [0, 0.05) is 24.6 Å². The zero-order valence-electron chi connectivity index (χ0n) is 14.6. The molecule has 2 aromatic carbocycles. The third-order valence-corrected chi connectivity index (χ3v) is 4.68. The Bertz CT molecular complexity index is 983. The molecule has 132 valence electrons. The van der Waals surface area contributed by atoms with Crippen LogP contribution in [-0.4, -0.2) is 22.6 Å². The van der Waals surface area contributed by atoms with Crippen molar-refractivity contribution in [3.8, 4) is 11.5 Å². The quantitative estimate of drug-likeness (QED) is 0.715. The molecule has 0 spiro atoms. The van der Waals surface area contributed by atoms with Crippen molar-refractivity contribution in [2.75, 3.05) is 11.4 Å². The molecule has 26 heavy (non-hydrogen) atoms. The molecule has 0 radical (unpaired) electrons. The molecular weight excluding hydrogens is 333 g/mol. The number of halogens is 1. The summed E-state index contributed by atoms with van der Waals surface area (Å²) in [7, 11) is 0. The second-order valence-electron chi connectivity index (χ2n) is 6.63. The zero-order chi connectivity index (χ0) is 18.3. The average Bonchev–Trinajstić information content (AvgIpc) is 3.22. The molecule has 1 aliphatic rings. The van der Waals surface area contributed by atoms with Gasteiger partial charge in [-0.2, -0.15) is 4.98 Å². The summed E-state index contributed by atoms with van der Waals surface area (Å²) in [6, 6.07) is 12.3. The van der Waals surface area contributed by atoms with Crippen molar-refractivity contribution in [3.05, 3.63) is 65.2 Å². The van der Waals surface area contributed by atoms with Crippen molar-refractivity contribution in [1.29, 1.82) is 0 Å². The van der Waals surface area contributed by atoms with E-state index < -0.39 is 5.82 Å². The summed E-state index contributed by atoms with van der Waals surface area (Å²) in [6.07, 6.45) is 0.309. The highest BCUT2D eigenvalue weighted by atomic mass is 19.1. The SMILES string of the molecule is Cc1ccc(N2CC(c3noc(-c4ccccc4F)n3)CC2=O)c(C)c1. The van der Waals surface area contributed by atoms with Crippen LogP contribution in [0.4, 0.5) is 10.1 Å². The number of rotatable bonds is 3. The van der Waals surface area contributed by atoms with Crippen LogP contribution < -0.4 is 4.90 Å². The molecule has 3 aromatic rings. The summed E-state index contributed by atoms with van der Waals surface area (Å²) in [6.45, 7) is 4.50. The van der Waals surface area contributed by atoms with E-state index in [0.29, 0.717) is 18.8 Å². The fourth-order valence-corrected chi connectivity index (χ4v) is 3.37. The molecule has 6 heteroatoms. The maximum absolute atomic E-state index is 13.9. The monoisotopic (exact) mass is 351 g/mol. The summed E-state index contributed by atoms with van der Waals surface area (Å²) in [4.78, 5) is 18.6. The molecule has 5 nitrogen and oxygen atoms in total. The van der Waals surface area contributed by atoms with Crippen LogP contribution in [0.15, 0.2) is 47.0 Å². The highest BCUT2D eigenvalue weighted by Crippen LogP contribution is 2.33. The molecule has 1 saturated heterocycles. The normalized spacial score (nSPS) is 17.1. The van der Waals surface area contributed by atoms with Crippen molar-refractivity contribution < 1.29 is 13.7 Å². The van der Waals surface area contributed by atoms with Gasteiger partial charge in [0.25, 0.3) is 5.89 Å². The molecular formula is C20H18FN3O2. The second kappa shape index (κ2) is 6.37. The molecule has 1 atom stereocenters. The van der Waals surface area contributed by atoms with E-state index >= 15 is 0 Å². The first-order chi connectivity index (χ1) is 12.5. The van der Waals surface area contributed by atoms with Gasteiger partial charge in [-0.15, -0.1) is 0 Å². The summed E-state index contributed by atoms with van der Waals surface area (Å²) in [5.74, 6) is 0.00756. The Morgan fingerprint density at radius 3 is 2.77 bits per heavy atom. The number of anilines is 1. The van der Waals surface area contributed by atoms with Gasteiger partial charge < -0.3 is 9.42 Å². The fraction of sp³-hybridized carbons (Fsp3) is 0.250. The maximum atomic E-state index is 13.9. The van der Waals surface area contributed by atoms with Crippen molar-refractivity contribution in [1.82, 2.24) is 10.1 Å². The highest BCUT2D eigenvalue weighted by molar-refractivity contribution is 5.97. The van der Waals surface area contributed by atoms with Gasteiger partial charge >= 0.3 is 0 Å². The van der Waals surface area contributed by atoms with Gasteiger partial charge in [0.15, 0.2) is 5.82 Å². The minimum atomic E-state index is -0.415. The van der Waals surface area contributed by atoms with Crippen molar-refractivity contribution in [2.45, 2.75) is 26.2 Å². The molecule has 0 saturated carbocycles. The second-order valence-corrected chi connectivity index (χ2v) is 6.63. The highest BCUT2D eigenvalue weighted by Gasteiger charge is 2.35. The summed E-state index contributed by atoms with van der Waals surface area (Å²) >= 11 is 0. The predicted octanol–water partition coefficient (Wildman–Crippen LogP) is 4.01. The van der Waals surface area contributed by atoms with E-state index in [0.717, 1.165) is 16.8 Å². The predicted molar refractivity (Wildman–Crippen MR) is 95.3 cm³/mol. The fourth-order valence-electron chi connectivity index (χ4n) is 3.37. The summed E-state index contributed by atoms with van der Waals surface area (Å²) < 4.78 is 19.1. The number of hydrogen-bond donors (Lipinski definition) is 0. The summed E-state index contributed by atoms with van der Waals surface area (Å²) in [5.41, 5.74) is 3.38. The lowest BCUT2D eigenvalue weighted by Crippen LogP contribution is -2.25. The summed E-state index contributed by atoms with van der Waals surface area (Å²) in [5, 5.41) is 3.98. The molecule has 2 heterocycles. The molecule has 0 N–H and O–H groups in total. The van der Waals surface area contributed by atoms with Crippen LogP contribution in [0.5, 0.6) is 0 Å². The molecule has 0 bridgehead atoms. The minimum Gasteiger partial charge on any atom is -0.334 e. The third-order valence-electron chi connectivity index (χ3n) is 4.68. The van der Waals surface area contributed by atoms with Crippen LogP contribution in [-0.2, 0) is 4.79 Å². The van der Waals surface area contributed by atoms with Gasteiger partial charge in [0.1, 0.15) is 5.82 Å². The van der Waals surface area contributed by atoms with E-state index in [-0.39, 0.29) is 23.3 Å². The molecule has 1 unspecified atom stereocenters. The first-order valence-electron chi connectivity index (χ1n) is 8.49. The lowest BCUT2D eigenvalue weighted by atomic mass is 10.1. The maximum Gasteiger partial charge on any atom is 0.260 e. The van der Waals surface area contributed by atoms with E-state index in [4.69, 9.17) is 4.52 Å². The van der Waals surface area contributed by atoms with Crippen LogP contribution in [0.3, 0.4) is 0 Å². The Morgan fingerprint density at radius 2 is 2.00 bits per heavy atom. The number of amides is 1. The number of benzene rings is 2. The Morgan fingerprint density at radius 1 is 1.19 bits per heavy atom. The largest absolute Gasteiger partial charge is 0.334 e. The average molecular weight is 351 g/mol. The van der Waals surface area contributed by atoms with Gasteiger partial charge in [-0.3, -0.25) is 4.79 Å². The van der Waals surface area contributed by atoms with E-state index in [9.17, 15) is 9.18 Å². The van der Waals surface area contributed by atoms with E-state index in [1.807, 2.05) is 26.0 Å². The molecule has 1 aliphatic heterocycles. The van der Waals surface area contributed by atoms with E-state index in [2.05, 4.69) is 16.2 Å². The molecule has 1 fully saturated rings. The topological polar surface area (TPSA) is 59.2 Å². The number of hydrogen-bond acceptors (Lipinski definition) is 4. The Labute approximate surface area is 150 Å². The van der Waals surface area contributed by atoms with Gasteiger partial charge in [-0.1, -0.05) is 35.0 Å². The molecule has 0 aliphatic carbocycles. The van der Waals surface area contributed by atoms with Gasteiger partial charge in [0.2, 0.25) is 5.91 Å².